The second-order valence-electron chi connectivity index (χ2n) is 8.74. The molecule has 3 atom stereocenters. The lowest BCUT2D eigenvalue weighted by Crippen LogP contribution is -2.54. The van der Waals surface area contributed by atoms with Gasteiger partial charge in [-0.15, -0.1) is 0 Å². The van der Waals surface area contributed by atoms with Crippen LogP contribution in [0.1, 0.15) is 63.5 Å². The molecule has 1 N–H and O–H groups in total. The third kappa shape index (κ3) is 3.61. The van der Waals surface area contributed by atoms with Crippen LogP contribution < -0.4 is 5.32 Å². The van der Waals surface area contributed by atoms with Crippen LogP contribution in [0.2, 0.25) is 10.0 Å². The number of benzene rings is 1. The van der Waals surface area contributed by atoms with Crippen molar-refractivity contribution >= 4 is 45.0 Å². The van der Waals surface area contributed by atoms with Crippen molar-refractivity contribution < 1.29 is 4.79 Å². The monoisotopic (exact) mass is 443 g/mol. The van der Waals surface area contributed by atoms with Crippen LogP contribution in [0.15, 0.2) is 18.2 Å². The maximum absolute atomic E-state index is 12.8. The van der Waals surface area contributed by atoms with Crippen LogP contribution >= 0.6 is 39.1 Å². The lowest BCUT2D eigenvalue weighted by molar-refractivity contribution is -0.128. The van der Waals surface area contributed by atoms with E-state index in [-0.39, 0.29) is 17.4 Å². The van der Waals surface area contributed by atoms with Gasteiger partial charge in [-0.1, -0.05) is 45.2 Å². The molecule has 4 fully saturated rings. The highest BCUT2D eigenvalue weighted by molar-refractivity contribution is 9.10. The summed E-state index contributed by atoms with van der Waals surface area (Å²) in [7, 11) is 0. The number of hydrogen-bond donors (Lipinski definition) is 1. The fraction of sp³-hybridized carbons (Fsp3) is 0.650. The van der Waals surface area contributed by atoms with Crippen LogP contribution in [-0.2, 0) is 4.79 Å². The van der Waals surface area contributed by atoms with Crippen LogP contribution in [0.3, 0.4) is 0 Å². The van der Waals surface area contributed by atoms with E-state index in [4.69, 9.17) is 23.2 Å². The SMILES string of the molecule is CC(NC(=O)CC12CC3CC(CC(Br)(C3)C1)C2)c1ccc(Cl)cc1Cl. The van der Waals surface area contributed by atoms with Gasteiger partial charge in [0.05, 0.1) is 6.04 Å². The van der Waals surface area contributed by atoms with Gasteiger partial charge < -0.3 is 5.32 Å². The molecule has 25 heavy (non-hydrogen) atoms. The number of nitrogens with one attached hydrogen (secondary N) is 1. The molecule has 4 saturated carbocycles. The van der Waals surface area contributed by atoms with Gasteiger partial charge in [0, 0.05) is 20.8 Å². The zero-order valence-corrected chi connectivity index (χ0v) is 17.6. The van der Waals surface area contributed by atoms with Gasteiger partial charge in [-0.25, -0.2) is 0 Å². The molecule has 136 valence electrons. The highest BCUT2D eigenvalue weighted by atomic mass is 79.9. The Morgan fingerprint density at radius 1 is 1.28 bits per heavy atom. The fourth-order valence-corrected chi connectivity index (χ4v) is 8.19. The van der Waals surface area contributed by atoms with E-state index in [1.807, 2.05) is 19.1 Å². The number of amides is 1. The molecule has 1 amide bonds. The van der Waals surface area contributed by atoms with Gasteiger partial charge >= 0.3 is 0 Å². The van der Waals surface area contributed by atoms with E-state index in [0.29, 0.717) is 20.8 Å². The van der Waals surface area contributed by atoms with Crippen molar-refractivity contribution in [2.24, 2.45) is 17.3 Å². The summed E-state index contributed by atoms with van der Waals surface area (Å²) in [4.78, 5) is 12.8. The quantitative estimate of drug-likeness (QED) is 0.542. The molecule has 0 spiro atoms. The second-order valence-corrected chi connectivity index (χ2v) is 11.3. The summed E-state index contributed by atoms with van der Waals surface area (Å²) in [5.74, 6) is 1.75. The predicted molar refractivity (Wildman–Crippen MR) is 106 cm³/mol. The average Bonchev–Trinajstić information content (AvgIpc) is 2.43. The minimum Gasteiger partial charge on any atom is -0.350 e. The van der Waals surface area contributed by atoms with E-state index in [9.17, 15) is 4.79 Å². The first kappa shape index (κ1) is 18.1. The molecule has 4 aliphatic carbocycles. The van der Waals surface area contributed by atoms with Gasteiger partial charge in [0.25, 0.3) is 0 Å². The summed E-state index contributed by atoms with van der Waals surface area (Å²) >= 11 is 16.3. The Labute approximate surface area is 168 Å². The number of alkyl halides is 1. The molecule has 0 aliphatic heterocycles. The molecule has 2 nitrogen and oxygen atoms in total. The molecule has 4 bridgehead atoms. The number of rotatable bonds is 4. The highest BCUT2D eigenvalue weighted by Crippen LogP contribution is 2.65. The topological polar surface area (TPSA) is 29.1 Å². The molecule has 1 aromatic rings. The van der Waals surface area contributed by atoms with Crippen LogP contribution in [-0.4, -0.2) is 10.2 Å². The van der Waals surface area contributed by atoms with Gasteiger partial charge in [-0.05, 0) is 80.4 Å². The average molecular weight is 445 g/mol. The predicted octanol–water partition coefficient (Wildman–Crippen LogP) is 6.29. The van der Waals surface area contributed by atoms with E-state index in [1.54, 1.807) is 6.07 Å². The maximum Gasteiger partial charge on any atom is 0.221 e. The van der Waals surface area contributed by atoms with Crippen molar-refractivity contribution in [1.29, 1.82) is 0 Å². The minimum absolute atomic E-state index is 0.107. The normalized spacial score (nSPS) is 37.1. The Hall–Kier alpha value is -0.250. The number of carbonyl (C=O) groups excluding carboxylic acids is 1. The first-order chi connectivity index (χ1) is 11.8. The molecule has 0 heterocycles. The maximum atomic E-state index is 12.8. The van der Waals surface area contributed by atoms with Gasteiger partial charge in [0.1, 0.15) is 0 Å². The van der Waals surface area contributed by atoms with Crippen molar-refractivity contribution in [2.45, 2.75) is 62.2 Å². The fourth-order valence-electron chi connectivity index (χ4n) is 6.11. The smallest absolute Gasteiger partial charge is 0.221 e. The minimum atomic E-state index is -0.107. The molecular weight excluding hydrogens is 421 g/mol. The van der Waals surface area contributed by atoms with Gasteiger partial charge in [0.2, 0.25) is 5.91 Å². The molecule has 1 aromatic carbocycles. The van der Waals surface area contributed by atoms with Crippen molar-refractivity contribution in [1.82, 2.24) is 5.32 Å². The van der Waals surface area contributed by atoms with E-state index < -0.39 is 0 Å². The van der Waals surface area contributed by atoms with Crippen LogP contribution in [0.25, 0.3) is 0 Å². The molecule has 5 rings (SSSR count). The summed E-state index contributed by atoms with van der Waals surface area (Å²) in [6, 6.07) is 5.34. The van der Waals surface area contributed by atoms with E-state index in [1.165, 1.54) is 32.1 Å². The Bertz CT molecular complexity index is 693. The van der Waals surface area contributed by atoms with Gasteiger partial charge in [-0.3, -0.25) is 4.79 Å². The Balaban J connectivity index is 1.44. The van der Waals surface area contributed by atoms with Gasteiger partial charge in [-0.2, -0.15) is 0 Å². The highest BCUT2D eigenvalue weighted by Gasteiger charge is 2.57. The zero-order valence-electron chi connectivity index (χ0n) is 14.5. The van der Waals surface area contributed by atoms with Crippen molar-refractivity contribution in [3.05, 3.63) is 33.8 Å². The molecule has 4 aliphatic rings. The van der Waals surface area contributed by atoms with Crippen LogP contribution in [0.5, 0.6) is 0 Å². The summed E-state index contributed by atoms with van der Waals surface area (Å²) < 4.78 is 0.294. The summed E-state index contributed by atoms with van der Waals surface area (Å²) in [5, 5.41) is 4.38. The Morgan fingerprint density at radius 3 is 2.56 bits per heavy atom. The molecule has 0 radical (unpaired) electrons. The Kier molecular flexibility index (Phi) is 4.66. The summed E-state index contributed by atoms with van der Waals surface area (Å²) in [6.07, 6.45) is 8.20. The van der Waals surface area contributed by atoms with E-state index >= 15 is 0 Å². The molecule has 5 heteroatoms. The zero-order chi connectivity index (χ0) is 17.8. The molecular formula is C20H24BrCl2NO. The summed E-state index contributed by atoms with van der Waals surface area (Å²) in [6.45, 7) is 1.98. The van der Waals surface area contributed by atoms with Crippen LogP contribution in [0, 0.1) is 17.3 Å². The van der Waals surface area contributed by atoms with E-state index in [0.717, 1.165) is 23.8 Å². The van der Waals surface area contributed by atoms with Crippen molar-refractivity contribution in [2.75, 3.05) is 0 Å². The third-order valence-corrected chi connectivity index (χ3v) is 7.94. The summed E-state index contributed by atoms with van der Waals surface area (Å²) in [5.41, 5.74) is 1.11. The van der Waals surface area contributed by atoms with Crippen molar-refractivity contribution in [3.8, 4) is 0 Å². The number of hydrogen-bond acceptors (Lipinski definition) is 1. The lowest BCUT2D eigenvalue weighted by Gasteiger charge is -2.60. The molecule has 0 aromatic heterocycles. The lowest BCUT2D eigenvalue weighted by atomic mass is 9.48. The molecule has 0 saturated heterocycles. The first-order valence-electron chi connectivity index (χ1n) is 9.19. The largest absolute Gasteiger partial charge is 0.350 e. The third-order valence-electron chi connectivity index (χ3n) is 6.45. The first-order valence-corrected chi connectivity index (χ1v) is 10.7. The van der Waals surface area contributed by atoms with Crippen LogP contribution in [0.4, 0.5) is 0 Å². The number of halogens is 3. The second kappa shape index (κ2) is 6.42. The van der Waals surface area contributed by atoms with Gasteiger partial charge in [0.15, 0.2) is 0 Å². The standard InChI is InChI=1S/C20H24BrCl2NO/c1-12(16-3-2-15(22)5-17(16)23)24-18(25)10-19-6-13-4-14(7-19)9-20(21,8-13)11-19/h2-3,5,12-14H,4,6-11H2,1H3,(H,24,25). The van der Waals surface area contributed by atoms with Crippen molar-refractivity contribution in [3.63, 3.8) is 0 Å². The van der Waals surface area contributed by atoms with E-state index in [2.05, 4.69) is 21.2 Å². The Morgan fingerprint density at radius 2 is 1.96 bits per heavy atom. The molecule has 3 unspecified atom stereocenters. The number of carbonyl (C=O) groups is 1.